The second-order valence-electron chi connectivity index (χ2n) is 2.65. The van der Waals surface area contributed by atoms with Gasteiger partial charge in [-0.1, -0.05) is 0 Å². The zero-order valence-electron chi connectivity index (χ0n) is 7.59. The van der Waals surface area contributed by atoms with E-state index >= 15 is 0 Å². The Balaban J connectivity index is 3.46. The van der Waals surface area contributed by atoms with Gasteiger partial charge in [0, 0.05) is 19.0 Å². The van der Waals surface area contributed by atoms with Crippen LogP contribution < -0.4 is 10.6 Å². The van der Waals surface area contributed by atoms with Gasteiger partial charge in [0.1, 0.15) is 6.29 Å². The van der Waals surface area contributed by atoms with E-state index < -0.39 is 0 Å². The third-order valence-corrected chi connectivity index (χ3v) is 1.43. The number of carbonyl (C=O) groups is 2. The van der Waals surface area contributed by atoms with Crippen molar-refractivity contribution in [1.29, 1.82) is 0 Å². The van der Waals surface area contributed by atoms with Crippen LogP contribution >= 0.6 is 0 Å². The predicted octanol–water partition coefficient (Wildman–Crippen LogP) is 0.673. The molecule has 0 aliphatic heterocycles. The molecule has 4 heteroatoms. The minimum atomic E-state index is -0.170. The lowest BCUT2D eigenvalue weighted by atomic mass is 10.2. The maximum atomic E-state index is 10.9. The summed E-state index contributed by atoms with van der Waals surface area (Å²) in [7, 11) is 0. The van der Waals surface area contributed by atoms with E-state index in [1.807, 2.05) is 13.8 Å². The monoisotopic (exact) mass is 172 g/mol. The average molecular weight is 172 g/mol. The summed E-state index contributed by atoms with van der Waals surface area (Å²) in [6, 6.07) is -0.113. The van der Waals surface area contributed by atoms with Crippen LogP contribution in [0.3, 0.4) is 0 Å². The first kappa shape index (κ1) is 10.9. The maximum absolute atomic E-state index is 10.9. The molecule has 0 rings (SSSR count). The summed E-state index contributed by atoms with van der Waals surface area (Å²) in [6.07, 6.45) is 2.05. The molecule has 0 heterocycles. The molecule has 4 nitrogen and oxygen atoms in total. The number of carbonyl (C=O) groups excluding carboxylic acids is 2. The summed E-state index contributed by atoms with van der Waals surface area (Å²) >= 11 is 0. The highest BCUT2D eigenvalue weighted by atomic mass is 16.2. The molecule has 0 saturated heterocycles. The van der Waals surface area contributed by atoms with E-state index in [-0.39, 0.29) is 12.1 Å². The normalized spacial score (nSPS) is 11.8. The molecule has 0 radical (unpaired) electrons. The third kappa shape index (κ3) is 5.70. The minimum absolute atomic E-state index is 0.0572. The Morgan fingerprint density at radius 1 is 1.58 bits per heavy atom. The molecule has 70 valence electrons. The molecular formula is C8H16N2O2. The number of hydrogen-bond donors (Lipinski definition) is 2. The number of aldehydes is 1. The Morgan fingerprint density at radius 2 is 2.25 bits per heavy atom. The molecule has 0 aliphatic carbocycles. The number of urea groups is 1. The van der Waals surface area contributed by atoms with Crippen LogP contribution in [0.25, 0.3) is 0 Å². The Labute approximate surface area is 72.7 Å². The van der Waals surface area contributed by atoms with Gasteiger partial charge < -0.3 is 15.4 Å². The van der Waals surface area contributed by atoms with E-state index in [0.717, 1.165) is 6.29 Å². The van der Waals surface area contributed by atoms with Gasteiger partial charge in [-0.2, -0.15) is 0 Å². The van der Waals surface area contributed by atoms with Crippen molar-refractivity contribution in [1.82, 2.24) is 10.6 Å². The second-order valence-corrected chi connectivity index (χ2v) is 2.65. The van der Waals surface area contributed by atoms with Crippen LogP contribution in [0.2, 0.25) is 0 Å². The summed E-state index contributed by atoms with van der Waals surface area (Å²) in [4.78, 5) is 20.9. The van der Waals surface area contributed by atoms with Crippen molar-refractivity contribution in [3.05, 3.63) is 0 Å². The fourth-order valence-corrected chi connectivity index (χ4v) is 0.826. The van der Waals surface area contributed by atoms with Crippen molar-refractivity contribution >= 4 is 12.3 Å². The number of rotatable bonds is 5. The number of amides is 2. The zero-order valence-corrected chi connectivity index (χ0v) is 7.59. The highest BCUT2D eigenvalue weighted by Gasteiger charge is 2.04. The molecule has 0 spiro atoms. The van der Waals surface area contributed by atoms with Crippen LogP contribution in [-0.4, -0.2) is 24.9 Å². The molecule has 0 aliphatic rings. The fraction of sp³-hybridized carbons (Fsp3) is 0.750. The average Bonchev–Trinajstić information content (AvgIpc) is 2.01. The first-order valence-corrected chi connectivity index (χ1v) is 4.18. The Hall–Kier alpha value is -1.06. The SMILES string of the molecule is CCNC(=O)NC(C)CCC=O. The van der Waals surface area contributed by atoms with Crippen LogP contribution in [0.5, 0.6) is 0 Å². The van der Waals surface area contributed by atoms with Gasteiger partial charge in [-0.25, -0.2) is 4.79 Å². The summed E-state index contributed by atoms with van der Waals surface area (Å²) < 4.78 is 0. The lowest BCUT2D eigenvalue weighted by molar-refractivity contribution is -0.108. The Morgan fingerprint density at radius 3 is 2.75 bits per heavy atom. The fourth-order valence-electron chi connectivity index (χ4n) is 0.826. The quantitative estimate of drug-likeness (QED) is 0.599. The highest BCUT2D eigenvalue weighted by molar-refractivity contribution is 5.74. The number of nitrogens with one attached hydrogen (secondary N) is 2. The van der Waals surface area contributed by atoms with Crippen molar-refractivity contribution in [2.45, 2.75) is 32.7 Å². The van der Waals surface area contributed by atoms with Crippen molar-refractivity contribution in [2.24, 2.45) is 0 Å². The molecule has 0 saturated carbocycles. The van der Waals surface area contributed by atoms with E-state index in [0.29, 0.717) is 19.4 Å². The molecule has 1 unspecified atom stereocenters. The molecule has 0 fully saturated rings. The van der Waals surface area contributed by atoms with Gasteiger partial charge in [0.25, 0.3) is 0 Å². The standard InChI is InChI=1S/C8H16N2O2/c1-3-9-8(12)10-7(2)5-4-6-11/h6-7H,3-5H2,1-2H3,(H2,9,10,12). The van der Waals surface area contributed by atoms with E-state index in [1.54, 1.807) is 0 Å². The molecule has 0 aromatic rings. The third-order valence-electron chi connectivity index (χ3n) is 1.43. The van der Waals surface area contributed by atoms with Gasteiger partial charge in [0.15, 0.2) is 0 Å². The summed E-state index contributed by atoms with van der Waals surface area (Å²) in [6.45, 7) is 4.35. The van der Waals surface area contributed by atoms with E-state index in [9.17, 15) is 9.59 Å². The highest BCUT2D eigenvalue weighted by Crippen LogP contribution is 1.92. The van der Waals surface area contributed by atoms with Crippen molar-refractivity contribution < 1.29 is 9.59 Å². The topological polar surface area (TPSA) is 58.2 Å². The smallest absolute Gasteiger partial charge is 0.314 e. The summed E-state index contributed by atoms with van der Waals surface area (Å²) in [5.74, 6) is 0. The van der Waals surface area contributed by atoms with E-state index in [4.69, 9.17) is 0 Å². The van der Waals surface area contributed by atoms with Gasteiger partial charge >= 0.3 is 6.03 Å². The lowest BCUT2D eigenvalue weighted by Crippen LogP contribution is -2.40. The molecule has 2 amide bonds. The van der Waals surface area contributed by atoms with Gasteiger partial charge in [-0.15, -0.1) is 0 Å². The lowest BCUT2D eigenvalue weighted by Gasteiger charge is -2.12. The van der Waals surface area contributed by atoms with Gasteiger partial charge in [0.05, 0.1) is 0 Å². The summed E-state index contributed by atoms with van der Waals surface area (Å²) in [5, 5.41) is 5.32. The first-order valence-electron chi connectivity index (χ1n) is 4.18. The van der Waals surface area contributed by atoms with Gasteiger partial charge in [-0.3, -0.25) is 0 Å². The molecule has 12 heavy (non-hydrogen) atoms. The number of hydrogen-bond acceptors (Lipinski definition) is 2. The minimum Gasteiger partial charge on any atom is -0.338 e. The van der Waals surface area contributed by atoms with Crippen LogP contribution in [0, 0.1) is 0 Å². The van der Waals surface area contributed by atoms with Crippen LogP contribution in [0.1, 0.15) is 26.7 Å². The molecule has 1 atom stereocenters. The van der Waals surface area contributed by atoms with Crippen molar-refractivity contribution in [2.75, 3.05) is 6.54 Å². The Kier molecular flexibility index (Phi) is 6.05. The van der Waals surface area contributed by atoms with Crippen LogP contribution in [-0.2, 0) is 4.79 Å². The molecular weight excluding hydrogens is 156 g/mol. The Bertz CT molecular complexity index is 148. The van der Waals surface area contributed by atoms with Gasteiger partial charge in [-0.05, 0) is 20.3 Å². The van der Waals surface area contributed by atoms with Crippen molar-refractivity contribution in [3.8, 4) is 0 Å². The molecule has 2 N–H and O–H groups in total. The predicted molar refractivity (Wildman–Crippen MR) is 47.0 cm³/mol. The summed E-state index contributed by atoms with van der Waals surface area (Å²) in [5.41, 5.74) is 0. The maximum Gasteiger partial charge on any atom is 0.314 e. The first-order chi connectivity index (χ1) is 5.70. The van der Waals surface area contributed by atoms with E-state index in [1.165, 1.54) is 0 Å². The zero-order chi connectivity index (χ0) is 9.40. The second kappa shape index (κ2) is 6.64. The van der Waals surface area contributed by atoms with Crippen molar-refractivity contribution in [3.63, 3.8) is 0 Å². The van der Waals surface area contributed by atoms with Crippen LogP contribution in [0.15, 0.2) is 0 Å². The molecule has 0 aromatic heterocycles. The largest absolute Gasteiger partial charge is 0.338 e. The van der Waals surface area contributed by atoms with Gasteiger partial charge in [0.2, 0.25) is 0 Å². The molecule has 0 bridgehead atoms. The van der Waals surface area contributed by atoms with Crippen LogP contribution in [0.4, 0.5) is 4.79 Å². The van der Waals surface area contributed by atoms with E-state index in [2.05, 4.69) is 10.6 Å². The molecule has 0 aromatic carbocycles.